The van der Waals surface area contributed by atoms with E-state index >= 15 is 0 Å². The normalized spacial score (nSPS) is 11.7. The highest BCUT2D eigenvalue weighted by atomic mass is 16.4. The van der Waals surface area contributed by atoms with Gasteiger partial charge in [0.2, 0.25) is 11.8 Å². The van der Waals surface area contributed by atoms with Gasteiger partial charge in [-0.05, 0) is 34.0 Å². The summed E-state index contributed by atoms with van der Waals surface area (Å²) in [6.45, 7) is 0. The van der Waals surface area contributed by atoms with Gasteiger partial charge in [0.05, 0.1) is 12.0 Å². The van der Waals surface area contributed by atoms with E-state index < -0.39 is 17.9 Å². The van der Waals surface area contributed by atoms with Crippen molar-refractivity contribution in [3.05, 3.63) is 83.4 Å². The maximum absolute atomic E-state index is 12.4. The number of aromatic carboxylic acids is 1. The molecule has 0 heterocycles. The van der Waals surface area contributed by atoms with Gasteiger partial charge in [0.25, 0.3) is 0 Å². The fourth-order valence-corrected chi connectivity index (χ4v) is 3.02. The first-order valence-corrected chi connectivity index (χ1v) is 8.81. The van der Waals surface area contributed by atoms with Crippen molar-refractivity contribution >= 4 is 28.6 Å². The number of carboxylic acids is 1. The Morgan fingerprint density at radius 2 is 1.54 bits per heavy atom. The number of amides is 2. The molecule has 0 bridgehead atoms. The molecule has 3 aromatic carbocycles. The Balaban J connectivity index is 1.66. The average Bonchev–Trinajstić information content (AvgIpc) is 2.67. The molecule has 0 fully saturated rings. The average molecular weight is 376 g/mol. The lowest BCUT2D eigenvalue weighted by Crippen LogP contribution is -2.46. The van der Waals surface area contributed by atoms with Gasteiger partial charge in [0.15, 0.2) is 0 Å². The number of nitrogens with one attached hydrogen (secondary N) is 1. The number of hydrogen-bond donors (Lipinski definition) is 3. The standard InChI is InChI=1S/C22H20N2O4/c23-21(26)19(12-14-5-9-17(10-6-14)22(27)28)24-20(25)13-15-7-8-16-3-1-2-4-18(16)11-15/h1-11,19H,12-13H2,(H2,23,26)(H,24,25)(H,27,28)/t19-/m1/s1. The summed E-state index contributed by atoms with van der Waals surface area (Å²) in [5, 5.41) is 13.7. The molecule has 2 amide bonds. The Morgan fingerprint density at radius 1 is 0.893 bits per heavy atom. The number of fused-ring (bicyclic) bond motifs is 1. The van der Waals surface area contributed by atoms with E-state index in [1.807, 2.05) is 42.5 Å². The van der Waals surface area contributed by atoms with Crippen LogP contribution in [-0.2, 0) is 22.4 Å². The topological polar surface area (TPSA) is 109 Å². The highest BCUT2D eigenvalue weighted by Crippen LogP contribution is 2.16. The van der Waals surface area contributed by atoms with Gasteiger partial charge in [-0.1, -0.05) is 54.6 Å². The van der Waals surface area contributed by atoms with Crippen LogP contribution in [0.2, 0.25) is 0 Å². The van der Waals surface area contributed by atoms with Crippen LogP contribution in [0.25, 0.3) is 10.8 Å². The second-order valence-corrected chi connectivity index (χ2v) is 6.59. The van der Waals surface area contributed by atoms with Crippen LogP contribution in [0.1, 0.15) is 21.5 Å². The SMILES string of the molecule is NC(=O)[C@@H](Cc1ccc(C(=O)O)cc1)NC(=O)Cc1ccc2ccccc2c1. The van der Waals surface area contributed by atoms with Gasteiger partial charge in [0, 0.05) is 6.42 Å². The highest BCUT2D eigenvalue weighted by Gasteiger charge is 2.19. The van der Waals surface area contributed by atoms with Crippen molar-refractivity contribution in [2.75, 3.05) is 0 Å². The molecular formula is C22H20N2O4. The summed E-state index contributed by atoms with van der Waals surface area (Å²) >= 11 is 0. The number of carbonyl (C=O) groups is 3. The maximum Gasteiger partial charge on any atom is 0.335 e. The summed E-state index contributed by atoms with van der Waals surface area (Å²) in [6, 6.07) is 18.9. The maximum atomic E-state index is 12.4. The lowest BCUT2D eigenvalue weighted by Gasteiger charge is -2.16. The van der Waals surface area contributed by atoms with Crippen LogP contribution in [0, 0.1) is 0 Å². The number of benzene rings is 3. The lowest BCUT2D eigenvalue weighted by molar-refractivity contribution is -0.127. The number of carboxylic acid groups (broad SMARTS) is 1. The van der Waals surface area contributed by atoms with Gasteiger partial charge in [-0.2, -0.15) is 0 Å². The lowest BCUT2D eigenvalue weighted by atomic mass is 10.0. The third-order valence-electron chi connectivity index (χ3n) is 4.50. The highest BCUT2D eigenvalue weighted by molar-refractivity contribution is 5.89. The summed E-state index contributed by atoms with van der Waals surface area (Å²) in [5.41, 5.74) is 7.13. The smallest absolute Gasteiger partial charge is 0.335 e. The van der Waals surface area contributed by atoms with E-state index in [0.29, 0.717) is 5.56 Å². The zero-order valence-electron chi connectivity index (χ0n) is 15.1. The molecule has 28 heavy (non-hydrogen) atoms. The fourth-order valence-electron chi connectivity index (χ4n) is 3.02. The predicted octanol–water partition coefficient (Wildman–Crippen LogP) is 2.29. The molecule has 142 valence electrons. The molecule has 0 radical (unpaired) electrons. The zero-order valence-corrected chi connectivity index (χ0v) is 15.1. The molecule has 0 saturated heterocycles. The minimum atomic E-state index is -1.03. The third kappa shape index (κ3) is 4.73. The molecule has 6 heteroatoms. The van der Waals surface area contributed by atoms with E-state index in [9.17, 15) is 14.4 Å². The summed E-state index contributed by atoms with van der Waals surface area (Å²) in [6.07, 6.45) is 0.325. The Labute approximate surface area is 162 Å². The van der Waals surface area contributed by atoms with E-state index in [-0.39, 0.29) is 24.3 Å². The van der Waals surface area contributed by atoms with Gasteiger partial charge in [0.1, 0.15) is 6.04 Å². The first kappa shape index (κ1) is 19.1. The van der Waals surface area contributed by atoms with Gasteiger partial charge >= 0.3 is 5.97 Å². The van der Waals surface area contributed by atoms with Crippen LogP contribution >= 0.6 is 0 Å². The van der Waals surface area contributed by atoms with Crippen molar-refractivity contribution in [2.45, 2.75) is 18.9 Å². The predicted molar refractivity (Wildman–Crippen MR) is 106 cm³/mol. The van der Waals surface area contributed by atoms with Gasteiger partial charge in [-0.25, -0.2) is 4.79 Å². The molecule has 0 spiro atoms. The quantitative estimate of drug-likeness (QED) is 0.588. The van der Waals surface area contributed by atoms with Crippen molar-refractivity contribution in [1.82, 2.24) is 5.32 Å². The third-order valence-corrected chi connectivity index (χ3v) is 4.50. The molecule has 0 unspecified atom stereocenters. The van der Waals surface area contributed by atoms with Crippen LogP contribution in [0.4, 0.5) is 0 Å². The number of nitrogens with two attached hydrogens (primary N) is 1. The number of carbonyl (C=O) groups excluding carboxylic acids is 2. The van der Waals surface area contributed by atoms with Crippen LogP contribution in [0.5, 0.6) is 0 Å². The zero-order chi connectivity index (χ0) is 20.1. The number of rotatable bonds is 7. The summed E-state index contributed by atoms with van der Waals surface area (Å²) < 4.78 is 0. The molecule has 1 atom stereocenters. The van der Waals surface area contributed by atoms with Crippen LogP contribution in [-0.4, -0.2) is 28.9 Å². The molecule has 3 rings (SSSR count). The molecule has 0 saturated carbocycles. The number of hydrogen-bond acceptors (Lipinski definition) is 3. The van der Waals surface area contributed by atoms with E-state index in [1.165, 1.54) is 12.1 Å². The van der Waals surface area contributed by atoms with Crippen molar-refractivity contribution in [3.8, 4) is 0 Å². The van der Waals surface area contributed by atoms with Gasteiger partial charge in [-0.3, -0.25) is 9.59 Å². The van der Waals surface area contributed by atoms with Gasteiger partial charge < -0.3 is 16.2 Å². The minimum Gasteiger partial charge on any atom is -0.478 e. The second-order valence-electron chi connectivity index (χ2n) is 6.59. The summed E-state index contributed by atoms with van der Waals surface area (Å²) in [7, 11) is 0. The molecule has 4 N–H and O–H groups in total. The largest absolute Gasteiger partial charge is 0.478 e. The monoisotopic (exact) mass is 376 g/mol. The van der Waals surface area contributed by atoms with Crippen molar-refractivity contribution < 1.29 is 19.5 Å². The Kier molecular flexibility index (Phi) is 5.69. The molecule has 6 nitrogen and oxygen atoms in total. The Bertz CT molecular complexity index is 1030. The fraction of sp³-hybridized carbons (Fsp3) is 0.136. The first-order valence-electron chi connectivity index (χ1n) is 8.81. The van der Waals surface area contributed by atoms with Gasteiger partial charge in [-0.15, -0.1) is 0 Å². The van der Waals surface area contributed by atoms with Crippen molar-refractivity contribution in [2.24, 2.45) is 5.73 Å². The second kappa shape index (κ2) is 8.35. The van der Waals surface area contributed by atoms with Crippen LogP contribution < -0.4 is 11.1 Å². The first-order chi connectivity index (χ1) is 13.4. The Morgan fingerprint density at radius 3 is 2.18 bits per heavy atom. The molecule has 0 aliphatic heterocycles. The molecular weight excluding hydrogens is 356 g/mol. The van der Waals surface area contributed by atoms with E-state index in [4.69, 9.17) is 10.8 Å². The van der Waals surface area contributed by atoms with E-state index in [2.05, 4.69) is 5.32 Å². The molecule has 0 aliphatic carbocycles. The van der Waals surface area contributed by atoms with Crippen LogP contribution in [0.15, 0.2) is 66.7 Å². The van der Waals surface area contributed by atoms with Crippen molar-refractivity contribution in [1.29, 1.82) is 0 Å². The molecule has 3 aromatic rings. The van der Waals surface area contributed by atoms with E-state index in [0.717, 1.165) is 16.3 Å². The number of primary amides is 1. The minimum absolute atomic E-state index is 0.132. The molecule has 0 aliphatic rings. The summed E-state index contributed by atoms with van der Waals surface area (Å²) in [5.74, 6) is -1.97. The van der Waals surface area contributed by atoms with Crippen LogP contribution in [0.3, 0.4) is 0 Å². The summed E-state index contributed by atoms with van der Waals surface area (Å²) in [4.78, 5) is 35.1. The van der Waals surface area contributed by atoms with E-state index in [1.54, 1.807) is 12.1 Å². The molecule has 0 aromatic heterocycles. The Hall–Kier alpha value is -3.67. The van der Waals surface area contributed by atoms with Crippen molar-refractivity contribution in [3.63, 3.8) is 0 Å².